The van der Waals surface area contributed by atoms with E-state index < -0.39 is 11.8 Å². The molecule has 0 aliphatic rings. The van der Waals surface area contributed by atoms with Crippen LogP contribution in [0.4, 0.5) is 4.39 Å². The molecule has 1 amide bonds. The Bertz CT molecular complexity index is 602. The molecule has 1 aromatic rings. The third kappa shape index (κ3) is 6.54. The van der Waals surface area contributed by atoms with Gasteiger partial charge in [-0.2, -0.15) is 0 Å². The second-order valence-corrected chi connectivity index (χ2v) is 5.59. The topological polar surface area (TPSA) is 65.1 Å². The van der Waals surface area contributed by atoms with Gasteiger partial charge in [0.2, 0.25) is 0 Å². The first-order valence-corrected chi connectivity index (χ1v) is 8.98. The van der Waals surface area contributed by atoms with E-state index >= 15 is 0 Å². The molecule has 0 fully saturated rings. The summed E-state index contributed by atoms with van der Waals surface area (Å²) in [5.74, 6) is -1.30. The van der Waals surface area contributed by atoms with Crippen LogP contribution in [-0.4, -0.2) is 49.7 Å². The molecular weight excluding hydrogens is 341 g/mol. The minimum absolute atomic E-state index is 0.0599. The van der Waals surface area contributed by atoms with Crippen molar-refractivity contribution in [2.24, 2.45) is 0 Å². The fourth-order valence-corrected chi connectivity index (χ4v) is 2.36. The number of amides is 1. The minimum Gasteiger partial charge on any atom is -0.490 e. The van der Waals surface area contributed by atoms with Gasteiger partial charge in [-0.15, -0.1) is 0 Å². The summed E-state index contributed by atoms with van der Waals surface area (Å²) in [5, 5.41) is 0. The van der Waals surface area contributed by atoms with Gasteiger partial charge in [0.05, 0.1) is 19.6 Å². The zero-order valence-corrected chi connectivity index (χ0v) is 16.0. The second kappa shape index (κ2) is 11.3. The average molecular weight is 369 g/mol. The van der Waals surface area contributed by atoms with Crippen molar-refractivity contribution < 1.29 is 28.2 Å². The van der Waals surface area contributed by atoms with Gasteiger partial charge in [0.25, 0.3) is 5.91 Å². The molecule has 1 rings (SSSR count). The van der Waals surface area contributed by atoms with Gasteiger partial charge in [0.1, 0.15) is 0 Å². The van der Waals surface area contributed by atoms with Gasteiger partial charge < -0.3 is 19.1 Å². The van der Waals surface area contributed by atoms with E-state index in [2.05, 4.69) is 0 Å². The molecule has 0 N–H and O–H groups in total. The zero-order valence-electron chi connectivity index (χ0n) is 16.0. The van der Waals surface area contributed by atoms with Crippen LogP contribution in [0.5, 0.6) is 11.5 Å². The predicted molar refractivity (Wildman–Crippen MR) is 95.9 cm³/mol. The summed E-state index contributed by atoms with van der Waals surface area (Å²) in [7, 11) is 0. The summed E-state index contributed by atoms with van der Waals surface area (Å²) in [4.78, 5) is 25.4. The average Bonchev–Trinajstić information content (AvgIpc) is 2.60. The maximum Gasteiger partial charge on any atom is 0.310 e. The Morgan fingerprint density at radius 1 is 1.08 bits per heavy atom. The van der Waals surface area contributed by atoms with Crippen molar-refractivity contribution in [3.63, 3.8) is 0 Å². The van der Waals surface area contributed by atoms with Crippen molar-refractivity contribution in [2.75, 3.05) is 32.9 Å². The summed E-state index contributed by atoms with van der Waals surface area (Å²) in [6, 6.07) is 2.74. The number of carbonyl (C=O) groups is 2. The molecule has 0 spiro atoms. The second-order valence-electron chi connectivity index (χ2n) is 5.59. The summed E-state index contributed by atoms with van der Waals surface area (Å²) >= 11 is 0. The van der Waals surface area contributed by atoms with Crippen LogP contribution in [0.15, 0.2) is 12.1 Å². The van der Waals surface area contributed by atoms with Crippen molar-refractivity contribution >= 4 is 11.9 Å². The third-order valence-corrected chi connectivity index (χ3v) is 3.64. The van der Waals surface area contributed by atoms with E-state index in [4.69, 9.17) is 14.2 Å². The van der Waals surface area contributed by atoms with Crippen LogP contribution in [0.1, 0.15) is 39.7 Å². The fourth-order valence-electron chi connectivity index (χ4n) is 2.36. The van der Waals surface area contributed by atoms with Crippen LogP contribution >= 0.6 is 0 Å². The van der Waals surface area contributed by atoms with Crippen molar-refractivity contribution in [1.82, 2.24) is 4.90 Å². The van der Waals surface area contributed by atoms with Gasteiger partial charge >= 0.3 is 5.97 Å². The fraction of sp³-hybridized carbons (Fsp3) is 0.579. The first-order chi connectivity index (χ1) is 12.5. The van der Waals surface area contributed by atoms with Crippen LogP contribution in [0.2, 0.25) is 0 Å². The highest BCUT2D eigenvalue weighted by Crippen LogP contribution is 2.32. The highest BCUT2D eigenvalue weighted by Gasteiger charge is 2.18. The smallest absolute Gasteiger partial charge is 0.310 e. The number of nitrogens with zero attached hydrogens (tertiary/aromatic N) is 1. The highest BCUT2D eigenvalue weighted by atomic mass is 19.1. The van der Waals surface area contributed by atoms with E-state index in [1.54, 1.807) is 11.8 Å². The molecule has 7 heteroatoms. The predicted octanol–water partition coefficient (Wildman–Crippen LogP) is 2.97. The molecular formula is C19H28FNO5. The number of rotatable bonds is 11. The lowest BCUT2D eigenvalue weighted by Crippen LogP contribution is -2.34. The van der Waals surface area contributed by atoms with Crippen LogP contribution in [0.25, 0.3) is 0 Å². The van der Waals surface area contributed by atoms with Crippen molar-refractivity contribution in [2.45, 2.75) is 40.5 Å². The normalized spacial score (nSPS) is 10.3. The molecule has 0 aliphatic carbocycles. The third-order valence-electron chi connectivity index (χ3n) is 3.64. The maximum absolute atomic E-state index is 14.5. The summed E-state index contributed by atoms with van der Waals surface area (Å²) < 4.78 is 30.3. The maximum atomic E-state index is 14.5. The van der Waals surface area contributed by atoms with E-state index in [9.17, 15) is 14.0 Å². The molecule has 0 bridgehead atoms. The van der Waals surface area contributed by atoms with Gasteiger partial charge in [-0.25, -0.2) is 4.39 Å². The molecule has 0 saturated heterocycles. The molecule has 26 heavy (non-hydrogen) atoms. The Kier molecular flexibility index (Phi) is 9.47. The monoisotopic (exact) mass is 369 g/mol. The Morgan fingerprint density at radius 3 is 2.35 bits per heavy atom. The number of carbonyl (C=O) groups excluding carboxylic acids is 2. The standard InChI is InChI=1S/C19H28FNO5/c1-5-9-25-18(23)12-14-10-15(20)19(16(11-14)24-8-4)26-13-17(22)21(6-2)7-3/h10-11H,5-9,12-13H2,1-4H3. The van der Waals surface area contributed by atoms with E-state index in [0.29, 0.717) is 31.9 Å². The van der Waals surface area contributed by atoms with Crippen molar-refractivity contribution in [3.8, 4) is 11.5 Å². The molecule has 0 aliphatic heterocycles. The number of halogens is 1. The van der Waals surface area contributed by atoms with Gasteiger partial charge in [0.15, 0.2) is 23.9 Å². The number of ether oxygens (including phenoxy) is 3. The van der Waals surface area contributed by atoms with Gasteiger partial charge in [-0.1, -0.05) is 6.92 Å². The number of esters is 1. The first kappa shape index (κ1) is 21.7. The highest BCUT2D eigenvalue weighted by molar-refractivity contribution is 5.78. The van der Waals surface area contributed by atoms with Gasteiger partial charge in [0, 0.05) is 13.1 Å². The molecule has 0 radical (unpaired) electrons. The number of likely N-dealkylation sites (N-methyl/N-ethyl adjacent to an activating group) is 1. The Hall–Kier alpha value is -2.31. The van der Waals surface area contributed by atoms with Gasteiger partial charge in [-0.3, -0.25) is 9.59 Å². The number of benzene rings is 1. The van der Waals surface area contributed by atoms with E-state index in [-0.39, 0.29) is 30.4 Å². The quantitative estimate of drug-likeness (QED) is 0.561. The molecule has 0 unspecified atom stereocenters. The zero-order chi connectivity index (χ0) is 19.5. The Labute approximate surface area is 154 Å². The van der Waals surface area contributed by atoms with E-state index in [0.717, 1.165) is 6.42 Å². The SMILES string of the molecule is CCCOC(=O)Cc1cc(F)c(OCC(=O)N(CC)CC)c(OCC)c1. The molecule has 1 aromatic carbocycles. The largest absolute Gasteiger partial charge is 0.490 e. The summed E-state index contributed by atoms with van der Waals surface area (Å²) in [6.07, 6.45) is 0.660. The molecule has 0 atom stereocenters. The molecule has 0 aromatic heterocycles. The van der Waals surface area contributed by atoms with E-state index in [1.807, 2.05) is 20.8 Å². The van der Waals surface area contributed by atoms with Crippen LogP contribution < -0.4 is 9.47 Å². The lowest BCUT2D eigenvalue weighted by Gasteiger charge is -2.20. The minimum atomic E-state index is -0.679. The molecule has 146 valence electrons. The Morgan fingerprint density at radius 2 is 1.77 bits per heavy atom. The Balaban J connectivity index is 2.91. The summed E-state index contributed by atoms with van der Waals surface area (Å²) in [5.41, 5.74) is 0.425. The number of hydrogen-bond donors (Lipinski definition) is 0. The van der Waals surface area contributed by atoms with E-state index in [1.165, 1.54) is 12.1 Å². The first-order valence-electron chi connectivity index (χ1n) is 8.98. The molecule has 0 saturated carbocycles. The van der Waals surface area contributed by atoms with Crippen LogP contribution in [-0.2, 0) is 20.7 Å². The van der Waals surface area contributed by atoms with Crippen molar-refractivity contribution in [3.05, 3.63) is 23.5 Å². The lowest BCUT2D eigenvalue weighted by molar-refractivity contribution is -0.142. The molecule has 6 nitrogen and oxygen atoms in total. The number of hydrogen-bond acceptors (Lipinski definition) is 5. The van der Waals surface area contributed by atoms with Crippen LogP contribution in [0, 0.1) is 5.82 Å². The lowest BCUT2D eigenvalue weighted by atomic mass is 10.1. The van der Waals surface area contributed by atoms with Crippen molar-refractivity contribution in [1.29, 1.82) is 0 Å². The molecule has 0 heterocycles. The summed E-state index contributed by atoms with van der Waals surface area (Å²) in [6.45, 7) is 8.82. The van der Waals surface area contributed by atoms with Gasteiger partial charge in [-0.05, 0) is 44.9 Å². The van der Waals surface area contributed by atoms with Crippen LogP contribution in [0.3, 0.4) is 0 Å².